The van der Waals surface area contributed by atoms with E-state index in [1.807, 2.05) is 0 Å². The van der Waals surface area contributed by atoms with Crippen LogP contribution in [-0.4, -0.2) is 17.0 Å². The van der Waals surface area contributed by atoms with E-state index < -0.39 is 5.82 Å². The highest BCUT2D eigenvalue weighted by atomic mass is 19.1. The Morgan fingerprint density at radius 3 is 2.71 bits per heavy atom. The summed E-state index contributed by atoms with van der Waals surface area (Å²) in [6, 6.07) is 4.08. The second kappa shape index (κ2) is 5.29. The molecular formula is C11H14FN3O2. The topological polar surface area (TPSA) is 87.7 Å². The SMILES string of the molecule is CC(C)C(=O)Nc1cccc(F)c1C(N)=NO. The summed E-state index contributed by atoms with van der Waals surface area (Å²) in [6.07, 6.45) is 0. The molecule has 5 nitrogen and oxygen atoms in total. The number of oxime groups is 1. The molecule has 0 atom stereocenters. The molecule has 0 radical (unpaired) electrons. The quantitative estimate of drug-likeness (QED) is 0.323. The maximum atomic E-state index is 13.5. The van der Waals surface area contributed by atoms with E-state index in [1.165, 1.54) is 18.2 Å². The number of amides is 1. The fourth-order valence-electron chi connectivity index (χ4n) is 1.22. The van der Waals surface area contributed by atoms with Gasteiger partial charge in [-0.2, -0.15) is 0 Å². The zero-order valence-corrected chi connectivity index (χ0v) is 9.57. The van der Waals surface area contributed by atoms with Crippen molar-refractivity contribution in [3.8, 4) is 0 Å². The number of carbonyl (C=O) groups excluding carboxylic acids is 1. The number of nitrogens with one attached hydrogen (secondary N) is 1. The van der Waals surface area contributed by atoms with Gasteiger partial charge < -0.3 is 16.3 Å². The standard InChI is InChI=1S/C11H14FN3O2/c1-6(2)11(16)14-8-5-3-4-7(12)9(8)10(13)15-17/h3-6,17H,1-2H3,(H2,13,15)(H,14,16). The molecule has 0 heterocycles. The van der Waals surface area contributed by atoms with Crippen LogP contribution in [-0.2, 0) is 4.79 Å². The van der Waals surface area contributed by atoms with Crippen molar-refractivity contribution in [3.05, 3.63) is 29.6 Å². The van der Waals surface area contributed by atoms with Crippen molar-refractivity contribution in [1.29, 1.82) is 0 Å². The van der Waals surface area contributed by atoms with E-state index in [1.54, 1.807) is 13.8 Å². The van der Waals surface area contributed by atoms with Crippen molar-refractivity contribution in [2.45, 2.75) is 13.8 Å². The molecule has 0 saturated heterocycles. The monoisotopic (exact) mass is 239 g/mol. The first-order valence-corrected chi connectivity index (χ1v) is 5.04. The number of amidine groups is 1. The van der Waals surface area contributed by atoms with Crippen LogP contribution in [0.1, 0.15) is 19.4 Å². The molecule has 1 aromatic rings. The van der Waals surface area contributed by atoms with E-state index in [9.17, 15) is 9.18 Å². The van der Waals surface area contributed by atoms with Gasteiger partial charge >= 0.3 is 0 Å². The summed E-state index contributed by atoms with van der Waals surface area (Å²) in [6.45, 7) is 3.41. The summed E-state index contributed by atoms with van der Waals surface area (Å²) in [4.78, 5) is 11.5. The second-order valence-corrected chi connectivity index (χ2v) is 3.79. The summed E-state index contributed by atoms with van der Waals surface area (Å²) >= 11 is 0. The highest BCUT2D eigenvalue weighted by Crippen LogP contribution is 2.19. The number of rotatable bonds is 3. The van der Waals surface area contributed by atoms with Gasteiger partial charge in [0.2, 0.25) is 5.91 Å². The van der Waals surface area contributed by atoms with Crippen LogP contribution in [0.3, 0.4) is 0 Å². The Morgan fingerprint density at radius 1 is 1.53 bits per heavy atom. The van der Waals surface area contributed by atoms with Crippen molar-refractivity contribution < 1.29 is 14.4 Å². The van der Waals surface area contributed by atoms with Gasteiger partial charge in [-0.15, -0.1) is 0 Å². The van der Waals surface area contributed by atoms with Gasteiger partial charge in [0.1, 0.15) is 5.82 Å². The predicted molar refractivity (Wildman–Crippen MR) is 62.4 cm³/mol. The molecule has 0 fully saturated rings. The van der Waals surface area contributed by atoms with Gasteiger partial charge in [0.15, 0.2) is 5.84 Å². The smallest absolute Gasteiger partial charge is 0.226 e. The van der Waals surface area contributed by atoms with Gasteiger partial charge in [0.05, 0.1) is 11.3 Å². The molecule has 1 amide bonds. The number of halogens is 1. The Labute approximate surface area is 98.1 Å². The first-order valence-electron chi connectivity index (χ1n) is 5.04. The third-order valence-corrected chi connectivity index (χ3v) is 2.16. The molecule has 0 aliphatic carbocycles. The zero-order valence-electron chi connectivity index (χ0n) is 9.57. The van der Waals surface area contributed by atoms with Crippen molar-refractivity contribution in [3.63, 3.8) is 0 Å². The number of anilines is 1. The van der Waals surface area contributed by atoms with Crippen molar-refractivity contribution in [2.24, 2.45) is 16.8 Å². The molecule has 6 heteroatoms. The third kappa shape index (κ3) is 2.93. The number of hydrogen-bond acceptors (Lipinski definition) is 3. The first-order chi connectivity index (χ1) is 7.97. The molecule has 0 saturated carbocycles. The van der Waals surface area contributed by atoms with Crippen LogP contribution in [0.5, 0.6) is 0 Å². The molecule has 1 aromatic carbocycles. The van der Waals surface area contributed by atoms with Crippen LogP contribution in [0.2, 0.25) is 0 Å². The molecule has 92 valence electrons. The van der Waals surface area contributed by atoms with Crippen LogP contribution >= 0.6 is 0 Å². The van der Waals surface area contributed by atoms with Crippen molar-refractivity contribution in [1.82, 2.24) is 0 Å². The molecule has 0 aromatic heterocycles. The summed E-state index contributed by atoms with van der Waals surface area (Å²) < 4.78 is 13.5. The molecule has 17 heavy (non-hydrogen) atoms. The fraction of sp³-hybridized carbons (Fsp3) is 0.273. The van der Waals surface area contributed by atoms with Crippen molar-refractivity contribution >= 4 is 17.4 Å². The second-order valence-electron chi connectivity index (χ2n) is 3.79. The number of carbonyl (C=O) groups is 1. The van der Waals surface area contributed by atoms with Crippen LogP contribution in [0.4, 0.5) is 10.1 Å². The number of hydrogen-bond donors (Lipinski definition) is 3. The molecule has 0 spiro atoms. The zero-order chi connectivity index (χ0) is 13.0. The highest BCUT2D eigenvalue weighted by Gasteiger charge is 2.16. The number of benzene rings is 1. The Morgan fingerprint density at radius 2 is 2.18 bits per heavy atom. The third-order valence-electron chi connectivity index (χ3n) is 2.16. The predicted octanol–water partition coefficient (Wildman–Crippen LogP) is 1.51. The minimum atomic E-state index is -0.665. The van der Waals surface area contributed by atoms with E-state index >= 15 is 0 Å². The Kier molecular flexibility index (Phi) is 4.03. The van der Waals surface area contributed by atoms with Gasteiger partial charge in [-0.1, -0.05) is 25.1 Å². The maximum absolute atomic E-state index is 13.5. The summed E-state index contributed by atoms with van der Waals surface area (Å²) in [5.41, 5.74) is 5.41. The van der Waals surface area contributed by atoms with Crippen molar-refractivity contribution in [2.75, 3.05) is 5.32 Å². The summed E-state index contributed by atoms with van der Waals surface area (Å²) in [5.74, 6) is -1.58. The molecule has 4 N–H and O–H groups in total. The number of nitrogens with two attached hydrogens (primary N) is 1. The van der Waals surface area contributed by atoms with Gasteiger partial charge in [0, 0.05) is 5.92 Å². The van der Waals surface area contributed by atoms with E-state index in [4.69, 9.17) is 10.9 Å². The van der Waals surface area contributed by atoms with Crippen LogP contribution in [0, 0.1) is 11.7 Å². The lowest BCUT2D eigenvalue weighted by Gasteiger charge is -2.12. The largest absolute Gasteiger partial charge is 0.409 e. The van der Waals surface area contributed by atoms with E-state index in [-0.39, 0.29) is 28.9 Å². The Bertz CT molecular complexity index is 458. The average molecular weight is 239 g/mol. The maximum Gasteiger partial charge on any atom is 0.226 e. The molecule has 0 aliphatic heterocycles. The lowest BCUT2D eigenvalue weighted by Crippen LogP contribution is -2.23. The van der Waals surface area contributed by atoms with Gasteiger partial charge in [0.25, 0.3) is 0 Å². The van der Waals surface area contributed by atoms with E-state index in [2.05, 4.69) is 10.5 Å². The van der Waals surface area contributed by atoms with Gasteiger partial charge in [-0.3, -0.25) is 4.79 Å². The fourth-order valence-corrected chi connectivity index (χ4v) is 1.22. The number of nitrogens with zero attached hydrogens (tertiary/aromatic N) is 1. The highest BCUT2D eigenvalue weighted by molar-refractivity contribution is 6.05. The molecule has 1 rings (SSSR count). The molecule has 0 unspecified atom stereocenters. The lowest BCUT2D eigenvalue weighted by molar-refractivity contribution is -0.118. The lowest BCUT2D eigenvalue weighted by atomic mass is 10.1. The normalized spacial score (nSPS) is 11.6. The van der Waals surface area contributed by atoms with E-state index in [0.717, 1.165) is 0 Å². The molecule has 0 bridgehead atoms. The van der Waals surface area contributed by atoms with Crippen LogP contribution in [0.25, 0.3) is 0 Å². The molecular weight excluding hydrogens is 225 g/mol. The van der Waals surface area contributed by atoms with Gasteiger partial charge in [-0.05, 0) is 12.1 Å². The van der Waals surface area contributed by atoms with Crippen LogP contribution < -0.4 is 11.1 Å². The average Bonchev–Trinajstić information content (AvgIpc) is 2.28. The first kappa shape index (κ1) is 13.0. The summed E-state index contributed by atoms with van der Waals surface area (Å²) in [7, 11) is 0. The summed E-state index contributed by atoms with van der Waals surface area (Å²) in [5, 5.41) is 13.8. The Balaban J connectivity index is 3.16. The Hall–Kier alpha value is -2.11. The molecule has 0 aliphatic rings. The van der Waals surface area contributed by atoms with Gasteiger partial charge in [-0.25, -0.2) is 4.39 Å². The van der Waals surface area contributed by atoms with E-state index in [0.29, 0.717) is 0 Å². The van der Waals surface area contributed by atoms with Crippen LogP contribution in [0.15, 0.2) is 23.4 Å². The minimum absolute atomic E-state index is 0.121. The minimum Gasteiger partial charge on any atom is -0.409 e.